The highest BCUT2D eigenvalue weighted by Crippen LogP contribution is 2.16. The molecule has 20 heavy (non-hydrogen) atoms. The number of nitrogens with one attached hydrogen (secondary N) is 1. The Hall–Kier alpha value is -1.07. The number of ether oxygens (including phenoxy) is 1. The maximum atomic E-state index is 11.8. The van der Waals surface area contributed by atoms with Crippen molar-refractivity contribution in [2.45, 2.75) is 39.0 Å². The molecule has 110 valence electrons. The first-order valence-electron chi connectivity index (χ1n) is 6.79. The van der Waals surface area contributed by atoms with E-state index in [0.29, 0.717) is 19.1 Å². The van der Waals surface area contributed by atoms with Crippen LogP contribution in [-0.2, 0) is 11.3 Å². The van der Waals surface area contributed by atoms with Gasteiger partial charge in [-0.15, -0.1) is 0 Å². The maximum Gasteiger partial charge on any atom is 0.410 e. The number of carbonyl (C=O) groups excluding carboxylic acids is 1. The van der Waals surface area contributed by atoms with E-state index in [0.717, 1.165) is 11.0 Å². The van der Waals surface area contributed by atoms with E-state index in [9.17, 15) is 4.79 Å². The maximum absolute atomic E-state index is 11.8. The topological polar surface area (TPSA) is 41.6 Å². The molecule has 0 saturated carbocycles. The zero-order chi connectivity index (χ0) is 14.8. The second-order valence-electron chi connectivity index (χ2n) is 6.09. The van der Waals surface area contributed by atoms with Crippen LogP contribution in [-0.4, -0.2) is 35.7 Å². The largest absolute Gasteiger partial charge is 0.444 e. The van der Waals surface area contributed by atoms with E-state index in [4.69, 9.17) is 4.74 Å². The van der Waals surface area contributed by atoms with Gasteiger partial charge in [0.1, 0.15) is 5.60 Å². The van der Waals surface area contributed by atoms with E-state index in [1.54, 1.807) is 4.90 Å². The lowest BCUT2D eigenvalue weighted by molar-refractivity contribution is 0.00519. The van der Waals surface area contributed by atoms with Crippen LogP contribution in [0, 0.1) is 0 Å². The predicted octanol–water partition coefficient (Wildman–Crippen LogP) is 3.16. The van der Waals surface area contributed by atoms with Gasteiger partial charge in [-0.1, -0.05) is 28.1 Å². The van der Waals surface area contributed by atoms with E-state index in [1.807, 2.05) is 32.9 Å². The van der Waals surface area contributed by atoms with Gasteiger partial charge in [-0.05, 0) is 38.5 Å². The summed E-state index contributed by atoms with van der Waals surface area (Å²) in [4.78, 5) is 13.5. The lowest BCUT2D eigenvalue weighted by atomic mass is 10.1. The van der Waals surface area contributed by atoms with Crippen molar-refractivity contribution in [2.24, 2.45) is 0 Å². The van der Waals surface area contributed by atoms with Crippen molar-refractivity contribution < 1.29 is 9.53 Å². The Morgan fingerprint density at radius 2 is 2.15 bits per heavy atom. The molecule has 1 fully saturated rings. The Labute approximate surface area is 128 Å². The summed E-state index contributed by atoms with van der Waals surface area (Å²) in [6.45, 7) is 7.88. The van der Waals surface area contributed by atoms with Crippen LogP contribution in [0.4, 0.5) is 4.79 Å². The first kappa shape index (κ1) is 15.3. The molecular formula is C15H21BrN2O2. The minimum Gasteiger partial charge on any atom is -0.444 e. The average molecular weight is 341 g/mol. The van der Waals surface area contributed by atoms with E-state index < -0.39 is 5.60 Å². The van der Waals surface area contributed by atoms with Gasteiger partial charge in [-0.25, -0.2) is 4.79 Å². The van der Waals surface area contributed by atoms with Crippen LogP contribution in [0.1, 0.15) is 26.3 Å². The SMILES string of the molecule is CC(C)(C)OC(=O)N1CC(NCc2cccc(Br)c2)C1. The fourth-order valence-electron chi connectivity index (χ4n) is 1.99. The van der Waals surface area contributed by atoms with Gasteiger partial charge in [-0.3, -0.25) is 0 Å². The first-order chi connectivity index (χ1) is 9.33. The number of rotatable bonds is 3. The van der Waals surface area contributed by atoms with E-state index >= 15 is 0 Å². The number of nitrogens with zero attached hydrogens (tertiary/aromatic N) is 1. The third-order valence-corrected chi connectivity index (χ3v) is 3.51. The zero-order valence-electron chi connectivity index (χ0n) is 12.1. The molecule has 1 aromatic rings. The summed E-state index contributed by atoms with van der Waals surface area (Å²) in [6.07, 6.45) is -0.224. The van der Waals surface area contributed by atoms with Crippen molar-refractivity contribution in [3.8, 4) is 0 Å². The Bertz CT molecular complexity index is 479. The first-order valence-corrected chi connectivity index (χ1v) is 7.58. The van der Waals surface area contributed by atoms with Crippen LogP contribution in [0.25, 0.3) is 0 Å². The van der Waals surface area contributed by atoms with Gasteiger partial charge in [0.2, 0.25) is 0 Å². The number of hydrogen-bond acceptors (Lipinski definition) is 3. The van der Waals surface area contributed by atoms with Gasteiger partial charge in [0.25, 0.3) is 0 Å². The van der Waals surface area contributed by atoms with Crippen LogP contribution in [0.3, 0.4) is 0 Å². The smallest absolute Gasteiger partial charge is 0.410 e. The highest BCUT2D eigenvalue weighted by molar-refractivity contribution is 9.10. The molecule has 1 heterocycles. The second-order valence-corrected chi connectivity index (χ2v) is 7.01. The van der Waals surface area contributed by atoms with Crippen molar-refractivity contribution in [2.75, 3.05) is 13.1 Å². The molecule has 1 amide bonds. The monoisotopic (exact) mass is 340 g/mol. The van der Waals surface area contributed by atoms with Crippen LogP contribution in [0.2, 0.25) is 0 Å². The minimum atomic E-state index is -0.425. The van der Waals surface area contributed by atoms with Crippen molar-refractivity contribution in [1.29, 1.82) is 0 Å². The Morgan fingerprint density at radius 3 is 2.75 bits per heavy atom. The number of likely N-dealkylation sites (tertiary alicyclic amines) is 1. The molecule has 0 radical (unpaired) electrons. The van der Waals surface area contributed by atoms with Gasteiger partial charge in [0, 0.05) is 30.1 Å². The quantitative estimate of drug-likeness (QED) is 0.918. The molecular weight excluding hydrogens is 320 g/mol. The molecule has 1 N–H and O–H groups in total. The number of halogens is 1. The third kappa shape index (κ3) is 4.49. The number of amides is 1. The number of carbonyl (C=O) groups is 1. The molecule has 1 saturated heterocycles. The predicted molar refractivity (Wildman–Crippen MR) is 82.6 cm³/mol. The number of hydrogen-bond donors (Lipinski definition) is 1. The molecule has 0 aromatic heterocycles. The van der Waals surface area contributed by atoms with E-state index in [2.05, 4.69) is 33.4 Å². The van der Waals surface area contributed by atoms with Gasteiger partial charge >= 0.3 is 6.09 Å². The van der Waals surface area contributed by atoms with Crippen LogP contribution in [0.5, 0.6) is 0 Å². The third-order valence-electron chi connectivity index (χ3n) is 3.02. The summed E-state index contributed by atoms with van der Waals surface area (Å²) < 4.78 is 6.41. The molecule has 0 spiro atoms. The fraction of sp³-hybridized carbons (Fsp3) is 0.533. The Morgan fingerprint density at radius 1 is 1.45 bits per heavy atom. The average Bonchev–Trinajstić information content (AvgIpc) is 2.24. The number of benzene rings is 1. The van der Waals surface area contributed by atoms with Gasteiger partial charge in [0.15, 0.2) is 0 Å². The highest BCUT2D eigenvalue weighted by Gasteiger charge is 2.33. The minimum absolute atomic E-state index is 0.224. The molecule has 0 unspecified atom stereocenters. The molecule has 1 aliphatic rings. The second kappa shape index (κ2) is 6.14. The summed E-state index contributed by atoms with van der Waals surface area (Å²) in [5.41, 5.74) is 0.807. The molecule has 0 atom stereocenters. The standard InChI is InChI=1S/C15H21BrN2O2/c1-15(2,3)20-14(19)18-9-13(10-18)17-8-11-5-4-6-12(16)7-11/h4-7,13,17H,8-10H2,1-3H3. The van der Waals surface area contributed by atoms with Gasteiger partial charge < -0.3 is 15.0 Å². The van der Waals surface area contributed by atoms with Crippen LogP contribution in [0.15, 0.2) is 28.7 Å². The van der Waals surface area contributed by atoms with Crippen molar-refractivity contribution in [3.63, 3.8) is 0 Å². The Balaban J connectivity index is 1.71. The van der Waals surface area contributed by atoms with Gasteiger partial charge in [0.05, 0.1) is 0 Å². The molecule has 1 aromatic carbocycles. The molecule has 4 nitrogen and oxygen atoms in total. The lowest BCUT2D eigenvalue weighted by Crippen LogP contribution is -2.60. The van der Waals surface area contributed by atoms with Crippen LogP contribution >= 0.6 is 15.9 Å². The van der Waals surface area contributed by atoms with E-state index in [-0.39, 0.29) is 6.09 Å². The summed E-state index contributed by atoms with van der Waals surface area (Å²) in [5.74, 6) is 0. The molecule has 5 heteroatoms. The fourth-order valence-corrected chi connectivity index (χ4v) is 2.44. The summed E-state index contributed by atoms with van der Waals surface area (Å²) in [6, 6.07) is 8.56. The highest BCUT2D eigenvalue weighted by atomic mass is 79.9. The summed E-state index contributed by atoms with van der Waals surface area (Å²) >= 11 is 3.46. The van der Waals surface area contributed by atoms with Crippen molar-refractivity contribution in [1.82, 2.24) is 10.2 Å². The normalized spacial score (nSPS) is 15.9. The van der Waals surface area contributed by atoms with Gasteiger partial charge in [-0.2, -0.15) is 0 Å². The summed E-state index contributed by atoms with van der Waals surface area (Å²) in [5, 5.41) is 3.44. The lowest BCUT2D eigenvalue weighted by Gasteiger charge is -2.40. The Kier molecular flexibility index (Phi) is 4.70. The zero-order valence-corrected chi connectivity index (χ0v) is 13.7. The molecule has 0 aliphatic carbocycles. The summed E-state index contributed by atoms with van der Waals surface area (Å²) in [7, 11) is 0. The van der Waals surface area contributed by atoms with Crippen molar-refractivity contribution in [3.05, 3.63) is 34.3 Å². The molecule has 2 rings (SSSR count). The van der Waals surface area contributed by atoms with Crippen LogP contribution < -0.4 is 5.32 Å². The van der Waals surface area contributed by atoms with E-state index in [1.165, 1.54) is 5.56 Å². The van der Waals surface area contributed by atoms with Crippen molar-refractivity contribution >= 4 is 22.0 Å². The molecule has 1 aliphatic heterocycles. The molecule has 0 bridgehead atoms.